The molecule has 0 atom stereocenters. The van der Waals surface area contributed by atoms with Gasteiger partial charge in [0, 0.05) is 12.6 Å². The smallest absolute Gasteiger partial charge is 0.208 e. The molecule has 0 heterocycles. The van der Waals surface area contributed by atoms with Gasteiger partial charge in [-0.3, -0.25) is 5.43 Å². The Bertz CT molecular complexity index is 254. The molecule has 3 N–H and O–H groups in total. The van der Waals surface area contributed by atoms with Gasteiger partial charge in [-0.2, -0.15) is 0 Å². The Hall–Kier alpha value is -0.770. The van der Waals surface area contributed by atoms with E-state index in [4.69, 9.17) is 10.8 Å². The average molecular weight is 238 g/mol. The third kappa shape index (κ3) is 3.60. The standard InChI is InChI=1S/C13H26N4/c1-2-3-10-17(12-8-9-12)13(16-14)15-11-6-4-5-7-11/h11-12H,2-10,14H2,1H3,(H,15,16). The summed E-state index contributed by atoms with van der Waals surface area (Å²) in [7, 11) is 0. The summed E-state index contributed by atoms with van der Waals surface area (Å²) in [6.45, 7) is 3.33. The maximum Gasteiger partial charge on any atom is 0.208 e. The summed E-state index contributed by atoms with van der Waals surface area (Å²) in [4.78, 5) is 7.21. The zero-order chi connectivity index (χ0) is 12.1. The molecule has 4 nitrogen and oxygen atoms in total. The lowest BCUT2D eigenvalue weighted by Gasteiger charge is -2.26. The van der Waals surface area contributed by atoms with Crippen LogP contribution in [0.15, 0.2) is 4.99 Å². The van der Waals surface area contributed by atoms with E-state index in [-0.39, 0.29) is 0 Å². The lowest BCUT2D eigenvalue weighted by Crippen LogP contribution is -2.47. The fraction of sp³-hybridized carbons (Fsp3) is 0.923. The molecule has 2 fully saturated rings. The number of nitrogens with zero attached hydrogens (tertiary/aromatic N) is 2. The zero-order valence-corrected chi connectivity index (χ0v) is 11.0. The Morgan fingerprint density at radius 2 is 2.00 bits per heavy atom. The highest BCUT2D eigenvalue weighted by Crippen LogP contribution is 2.28. The van der Waals surface area contributed by atoms with Gasteiger partial charge < -0.3 is 4.90 Å². The first-order valence-electron chi connectivity index (χ1n) is 7.16. The van der Waals surface area contributed by atoms with Gasteiger partial charge in [-0.1, -0.05) is 26.2 Å². The molecule has 0 spiro atoms. The Labute approximate surface area is 105 Å². The van der Waals surface area contributed by atoms with E-state index in [1.165, 1.54) is 51.4 Å². The summed E-state index contributed by atoms with van der Waals surface area (Å²) in [5.74, 6) is 6.60. The molecule has 0 radical (unpaired) electrons. The maximum atomic E-state index is 5.67. The van der Waals surface area contributed by atoms with Crippen molar-refractivity contribution in [3.63, 3.8) is 0 Å². The molecule has 0 aliphatic heterocycles. The largest absolute Gasteiger partial charge is 0.339 e. The first-order valence-corrected chi connectivity index (χ1v) is 7.16. The van der Waals surface area contributed by atoms with Crippen LogP contribution < -0.4 is 11.3 Å². The van der Waals surface area contributed by atoms with Crippen molar-refractivity contribution in [1.82, 2.24) is 10.3 Å². The van der Waals surface area contributed by atoms with Crippen LogP contribution >= 0.6 is 0 Å². The molecule has 2 aliphatic carbocycles. The lowest BCUT2D eigenvalue weighted by molar-refractivity contribution is 0.381. The summed E-state index contributed by atoms with van der Waals surface area (Å²) in [5, 5.41) is 0. The van der Waals surface area contributed by atoms with Crippen LogP contribution in [-0.2, 0) is 0 Å². The molecule has 0 bridgehead atoms. The maximum absolute atomic E-state index is 5.67. The molecule has 2 aliphatic rings. The highest BCUT2D eigenvalue weighted by atomic mass is 15.4. The van der Waals surface area contributed by atoms with Gasteiger partial charge in [-0.25, -0.2) is 10.8 Å². The normalized spacial score (nSPS) is 21.9. The van der Waals surface area contributed by atoms with Crippen molar-refractivity contribution < 1.29 is 0 Å². The number of nitrogens with one attached hydrogen (secondary N) is 1. The molecule has 0 unspecified atom stereocenters. The topological polar surface area (TPSA) is 53.6 Å². The number of hydrogen-bond donors (Lipinski definition) is 2. The summed E-state index contributed by atoms with van der Waals surface area (Å²) >= 11 is 0. The Balaban J connectivity index is 1.96. The van der Waals surface area contributed by atoms with E-state index in [0.717, 1.165) is 12.5 Å². The highest BCUT2D eigenvalue weighted by molar-refractivity contribution is 5.80. The minimum absolute atomic E-state index is 0.504. The molecule has 98 valence electrons. The average Bonchev–Trinajstić information content (AvgIpc) is 3.05. The van der Waals surface area contributed by atoms with Crippen molar-refractivity contribution in [2.75, 3.05) is 6.54 Å². The number of nitrogens with two attached hydrogens (primary N) is 1. The molecular weight excluding hydrogens is 212 g/mol. The zero-order valence-electron chi connectivity index (χ0n) is 11.0. The molecule has 4 heteroatoms. The van der Waals surface area contributed by atoms with Crippen LogP contribution in [0.3, 0.4) is 0 Å². The summed E-state index contributed by atoms with van der Waals surface area (Å²) < 4.78 is 0. The van der Waals surface area contributed by atoms with Crippen LogP contribution in [-0.4, -0.2) is 29.5 Å². The Kier molecular flexibility index (Phi) is 4.66. The number of rotatable bonds is 5. The quantitative estimate of drug-likeness (QED) is 0.333. The summed E-state index contributed by atoms with van der Waals surface area (Å²) in [6, 6.07) is 1.20. The fourth-order valence-corrected chi connectivity index (χ4v) is 2.58. The third-order valence-electron chi connectivity index (χ3n) is 3.77. The molecular formula is C13H26N4. The van der Waals surface area contributed by atoms with E-state index < -0.39 is 0 Å². The van der Waals surface area contributed by atoms with Gasteiger partial charge in [-0.05, 0) is 32.1 Å². The van der Waals surface area contributed by atoms with Crippen molar-refractivity contribution in [2.24, 2.45) is 10.8 Å². The van der Waals surface area contributed by atoms with E-state index >= 15 is 0 Å². The molecule has 0 amide bonds. The van der Waals surface area contributed by atoms with Crippen LogP contribution in [0.2, 0.25) is 0 Å². The van der Waals surface area contributed by atoms with Crippen LogP contribution in [0, 0.1) is 0 Å². The minimum atomic E-state index is 0.504. The second kappa shape index (κ2) is 6.24. The predicted octanol–water partition coefficient (Wildman–Crippen LogP) is 2.01. The van der Waals surface area contributed by atoms with Crippen LogP contribution in [0.25, 0.3) is 0 Å². The molecule has 17 heavy (non-hydrogen) atoms. The van der Waals surface area contributed by atoms with E-state index in [0.29, 0.717) is 12.1 Å². The van der Waals surface area contributed by atoms with Crippen molar-refractivity contribution in [2.45, 2.75) is 70.4 Å². The number of hydrazine groups is 1. The lowest BCUT2D eigenvalue weighted by atomic mass is 10.3. The molecule has 2 rings (SSSR count). The van der Waals surface area contributed by atoms with Gasteiger partial charge in [0.1, 0.15) is 0 Å². The van der Waals surface area contributed by atoms with Gasteiger partial charge in [0.15, 0.2) is 0 Å². The number of aliphatic imine (C=N–C) groups is 1. The van der Waals surface area contributed by atoms with Gasteiger partial charge in [0.25, 0.3) is 0 Å². The van der Waals surface area contributed by atoms with Crippen molar-refractivity contribution in [3.05, 3.63) is 0 Å². The van der Waals surface area contributed by atoms with Gasteiger partial charge in [-0.15, -0.1) is 0 Å². The van der Waals surface area contributed by atoms with Crippen LogP contribution in [0.5, 0.6) is 0 Å². The Morgan fingerprint density at radius 1 is 1.29 bits per heavy atom. The summed E-state index contributed by atoms with van der Waals surface area (Å²) in [6.07, 6.45) is 10.2. The van der Waals surface area contributed by atoms with Crippen molar-refractivity contribution in [1.29, 1.82) is 0 Å². The second-order valence-corrected chi connectivity index (χ2v) is 5.31. The number of unbranched alkanes of at least 4 members (excludes halogenated alkanes) is 1. The number of guanidine groups is 1. The minimum Gasteiger partial charge on any atom is -0.339 e. The van der Waals surface area contributed by atoms with E-state index in [9.17, 15) is 0 Å². The van der Waals surface area contributed by atoms with Gasteiger partial charge >= 0.3 is 0 Å². The monoisotopic (exact) mass is 238 g/mol. The molecule has 0 aromatic rings. The fourth-order valence-electron chi connectivity index (χ4n) is 2.58. The van der Waals surface area contributed by atoms with Gasteiger partial charge in [0.2, 0.25) is 5.96 Å². The molecule has 2 saturated carbocycles. The van der Waals surface area contributed by atoms with Crippen LogP contribution in [0.1, 0.15) is 58.3 Å². The highest BCUT2D eigenvalue weighted by Gasteiger charge is 2.31. The third-order valence-corrected chi connectivity index (χ3v) is 3.77. The summed E-state index contributed by atoms with van der Waals surface area (Å²) in [5.41, 5.74) is 2.84. The Morgan fingerprint density at radius 3 is 2.53 bits per heavy atom. The molecule has 0 aromatic heterocycles. The van der Waals surface area contributed by atoms with Gasteiger partial charge in [0.05, 0.1) is 6.04 Å². The SMILES string of the molecule is CCCCN(C(=NC1CCCC1)NN)C1CC1. The van der Waals surface area contributed by atoms with E-state index in [2.05, 4.69) is 17.2 Å². The van der Waals surface area contributed by atoms with Crippen molar-refractivity contribution >= 4 is 5.96 Å². The van der Waals surface area contributed by atoms with Crippen LogP contribution in [0.4, 0.5) is 0 Å². The predicted molar refractivity (Wildman–Crippen MR) is 71.7 cm³/mol. The first-order chi connectivity index (χ1) is 8.35. The molecule has 0 saturated heterocycles. The van der Waals surface area contributed by atoms with E-state index in [1.54, 1.807) is 0 Å². The number of hydrogen-bond acceptors (Lipinski definition) is 2. The first kappa shape index (κ1) is 12.7. The van der Waals surface area contributed by atoms with Crippen molar-refractivity contribution in [3.8, 4) is 0 Å². The molecule has 0 aromatic carbocycles. The van der Waals surface area contributed by atoms with E-state index in [1.807, 2.05) is 0 Å². The second-order valence-electron chi connectivity index (χ2n) is 5.31.